The van der Waals surface area contributed by atoms with Crippen LogP contribution in [-0.2, 0) is 22.6 Å². The summed E-state index contributed by atoms with van der Waals surface area (Å²) in [6, 6.07) is 10.9. The van der Waals surface area contributed by atoms with Crippen LogP contribution < -0.4 is 26.2 Å². The number of likely N-dealkylation sites (N-methyl/N-ethyl adjacent to an activating group) is 1. The molecule has 5 N–H and O–H groups in total. The molecule has 17 nitrogen and oxygen atoms in total. The second-order valence-corrected chi connectivity index (χ2v) is 16.1. The van der Waals surface area contributed by atoms with Gasteiger partial charge in [0.05, 0.1) is 12.2 Å². The van der Waals surface area contributed by atoms with Gasteiger partial charge in [-0.1, -0.05) is 6.07 Å². The minimum Gasteiger partial charge on any atom is -0.371 e. The summed E-state index contributed by atoms with van der Waals surface area (Å²) in [6.45, 7) is 7.22. The Morgan fingerprint density at radius 1 is 0.965 bits per heavy atom. The molecular formula is C40H47N11O6. The summed E-state index contributed by atoms with van der Waals surface area (Å²) in [4.78, 5) is 83.3. The second-order valence-electron chi connectivity index (χ2n) is 16.1. The molecule has 298 valence electrons. The minimum atomic E-state index is -1.25. The van der Waals surface area contributed by atoms with Crippen LogP contribution in [-0.4, -0.2) is 136 Å². The number of fused-ring (bicyclic) bond motifs is 2. The monoisotopic (exact) mass is 777 g/mol. The van der Waals surface area contributed by atoms with Crippen molar-refractivity contribution in [2.24, 2.45) is 11.7 Å². The lowest BCUT2D eigenvalue weighted by Crippen LogP contribution is -2.53. The number of aromatic nitrogens is 2. The van der Waals surface area contributed by atoms with Crippen molar-refractivity contribution < 1.29 is 29.1 Å². The number of rotatable bonds is 9. The quantitative estimate of drug-likeness (QED) is 0.228. The zero-order valence-corrected chi connectivity index (χ0v) is 31.9. The Morgan fingerprint density at radius 2 is 1.81 bits per heavy atom. The molecule has 0 bridgehead atoms. The third-order valence-corrected chi connectivity index (χ3v) is 12.4. The molecule has 2 aromatic carbocycles. The lowest BCUT2D eigenvalue weighted by molar-refractivity contribution is -0.139. The van der Waals surface area contributed by atoms with E-state index in [-0.39, 0.29) is 36.5 Å². The van der Waals surface area contributed by atoms with E-state index < -0.39 is 30.0 Å². The Kier molecular flexibility index (Phi) is 9.43. The number of nitrogens with zero attached hydrogens (tertiary/aromatic N) is 8. The second kappa shape index (κ2) is 14.6. The zero-order valence-electron chi connectivity index (χ0n) is 31.9. The van der Waals surface area contributed by atoms with Gasteiger partial charge in [0, 0.05) is 101 Å². The summed E-state index contributed by atoms with van der Waals surface area (Å²) in [5.74, 6) is -0.597. The molecule has 0 radical (unpaired) electrons. The van der Waals surface area contributed by atoms with Gasteiger partial charge < -0.3 is 35.8 Å². The Balaban J connectivity index is 0.805. The van der Waals surface area contributed by atoms with E-state index in [2.05, 4.69) is 42.5 Å². The van der Waals surface area contributed by atoms with Gasteiger partial charge in [0.1, 0.15) is 11.9 Å². The Labute approximate surface area is 329 Å². The first kappa shape index (κ1) is 36.8. The summed E-state index contributed by atoms with van der Waals surface area (Å²) in [6.07, 6.45) is 3.37. The van der Waals surface area contributed by atoms with Crippen LogP contribution in [0.15, 0.2) is 42.6 Å². The zero-order chi connectivity index (χ0) is 39.5. The Hall–Kier alpha value is -5.81. The number of benzene rings is 2. The standard InChI is InChI=1S/C40H47N11O6/c1-46-13-14-50(40(46)57)28-3-2-11-48(22-28)32-17-42-34(35(41)53)36(44-32)43-26-5-4-25-21-47(12-10-24(25)15-26)18-23-19-49(20-23)27-6-7-29-30(16-27)39(56)51(38(29)55)31-8-9-33(52)45-37(31)54/h4-7,15-17,23,28,31,39,56H,2-3,8-14,18-22H2,1H3,(H2,41,53)(H,43,44)(H,45,52,54)/t28-,31?,39?/m0/s1. The molecule has 6 aliphatic heterocycles. The van der Waals surface area contributed by atoms with Crippen LogP contribution in [0.4, 0.5) is 27.8 Å². The van der Waals surface area contributed by atoms with Gasteiger partial charge in [-0.2, -0.15) is 0 Å². The molecule has 3 atom stereocenters. The lowest BCUT2D eigenvalue weighted by Gasteiger charge is -2.44. The van der Waals surface area contributed by atoms with Crippen LogP contribution in [0, 0.1) is 5.92 Å². The molecule has 1 aromatic heterocycles. The average Bonchev–Trinajstić information content (AvgIpc) is 3.65. The van der Waals surface area contributed by atoms with Crippen LogP contribution in [0.1, 0.15) is 69.4 Å². The molecule has 4 saturated heterocycles. The molecule has 0 aliphatic carbocycles. The SMILES string of the molecule is CN1CCN([C@H]2CCCN(c3cnc(C(N)=O)c(Nc4ccc5c(c4)CCN(CC4CN(c6ccc7c(c6)C(O)N(C6CCC(=O)NC6=O)C7=O)C4)C5)n3)C2)C1=O. The third kappa shape index (κ3) is 6.88. The van der Waals surface area contributed by atoms with Gasteiger partial charge in [0.2, 0.25) is 11.8 Å². The first-order chi connectivity index (χ1) is 27.5. The van der Waals surface area contributed by atoms with E-state index in [1.165, 1.54) is 16.0 Å². The van der Waals surface area contributed by atoms with Crippen LogP contribution in [0.5, 0.6) is 0 Å². The number of nitrogens with two attached hydrogens (primary N) is 1. The normalized spacial score (nSPS) is 24.1. The highest BCUT2D eigenvalue weighted by molar-refractivity contribution is 6.06. The largest absolute Gasteiger partial charge is 0.371 e. The van der Waals surface area contributed by atoms with Crippen LogP contribution in [0.25, 0.3) is 0 Å². The number of anilines is 4. The number of piperidine rings is 2. The fourth-order valence-corrected chi connectivity index (χ4v) is 9.28. The fourth-order valence-electron chi connectivity index (χ4n) is 9.28. The summed E-state index contributed by atoms with van der Waals surface area (Å²) < 4.78 is 0. The van der Waals surface area contributed by atoms with Gasteiger partial charge in [0.15, 0.2) is 17.7 Å². The van der Waals surface area contributed by atoms with Gasteiger partial charge in [-0.05, 0) is 67.1 Å². The number of urea groups is 1. The van der Waals surface area contributed by atoms with E-state index >= 15 is 0 Å². The predicted molar refractivity (Wildman–Crippen MR) is 209 cm³/mol. The van der Waals surface area contributed by atoms with E-state index in [0.29, 0.717) is 41.8 Å². The molecule has 2 unspecified atom stereocenters. The van der Waals surface area contributed by atoms with Crippen LogP contribution in [0.3, 0.4) is 0 Å². The van der Waals surface area contributed by atoms with Crippen molar-refractivity contribution in [1.82, 2.24) is 34.9 Å². The summed E-state index contributed by atoms with van der Waals surface area (Å²) >= 11 is 0. The maximum Gasteiger partial charge on any atom is 0.320 e. The molecule has 6 amide bonds. The molecule has 57 heavy (non-hydrogen) atoms. The molecule has 0 saturated carbocycles. The number of hydrogen-bond acceptors (Lipinski definition) is 12. The van der Waals surface area contributed by atoms with E-state index in [0.717, 1.165) is 76.5 Å². The molecule has 6 aliphatic rings. The number of carbonyl (C=O) groups is 5. The number of carbonyl (C=O) groups excluding carboxylic acids is 5. The molecule has 3 aromatic rings. The molecule has 4 fully saturated rings. The summed E-state index contributed by atoms with van der Waals surface area (Å²) in [5.41, 5.74) is 10.9. The van der Waals surface area contributed by atoms with Crippen molar-refractivity contribution >= 4 is 52.7 Å². The maximum atomic E-state index is 13.2. The van der Waals surface area contributed by atoms with Crippen molar-refractivity contribution in [3.05, 3.63) is 70.5 Å². The number of aliphatic hydroxyl groups is 1. The van der Waals surface area contributed by atoms with Crippen molar-refractivity contribution in [2.45, 2.75) is 57.0 Å². The van der Waals surface area contributed by atoms with Gasteiger partial charge in [-0.25, -0.2) is 14.8 Å². The Bertz CT molecular complexity index is 2160. The first-order valence-electron chi connectivity index (χ1n) is 19.8. The Morgan fingerprint density at radius 3 is 2.58 bits per heavy atom. The molecule has 9 rings (SSSR count). The number of imide groups is 1. The first-order valence-corrected chi connectivity index (χ1v) is 19.8. The highest BCUT2D eigenvalue weighted by atomic mass is 16.3. The van der Waals surface area contributed by atoms with Crippen molar-refractivity contribution in [3.63, 3.8) is 0 Å². The van der Waals surface area contributed by atoms with E-state index in [1.54, 1.807) is 17.2 Å². The maximum absolute atomic E-state index is 13.2. The highest BCUT2D eigenvalue weighted by Gasteiger charge is 2.45. The number of aliphatic hydroxyl groups excluding tert-OH is 1. The average molecular weight is 778 g/mol. The van der Waals surface area contributed by atoms with E-state index in [1.807, 2.05) is 30.1 Å². The third-order valence-electron chi connectivity index (χ3n) is 12.4. The van der Waals surface area contributed by atoms with Gasteiger partial charge in [-0.15, -0.1) is 0 Å². The van der Waals surface area contributed by atoms with E-state index in [9.17, 15) is 29.1 Å². The fraction of sp³-hybridized carbons (Fsp3) is 0.475. The number of amides is 6. The topological polar surface area (TPSA) is 201 Å². The van der Waals surface area contributed by atoms with Crippen molar-refractivity contribution in [1.29, 1.82) is 0 Å². The van der Waals surface area contributed by atoms with Gasteiger partial charge in [0.25, 0.3) is 11.8 Å². The van der Waals surface area contributed by atoms with Crippen LogP contribution >= 0.6 is 0 Å². The summed E-state index contributed by atoms with van der Waals surface area (Å²) in [5, 5.41) is 16.7. The predicted octanol–water partition coefficient (Wildman–Crippen LogP) is 1.40. The number of primary amides is 1. The lowest BCUT2D eigenvalue weighted by atomic mass is 9.94. The highest BCUT2D eigenvalue weighted by Crippen LogP contribution is 2.39. The summed E-state index contributed by atoms with van der Waals surface area (Å²) in [7, 11) is 1.83. The van der Waals surface area contributed by atoms with Crippen molar-refractivity contribution in [2.75, 3.05) is 74.5 Å². The minimum absolute atomic E-state index is 0.0573. The van der Waals surface area contributed by atoms with Crippen LogP contribution in [0.2, 0.25) is 0 Å². The smallest absolute Gasteiger partial charge is 0.320 e. The van der Waals surface area contributed by atoms with Crippen molar-refractivity contribution in [3.8, 4) is 0 Å². The number of nitrogens with one attached hydrogen (secondary N) is 2. The van der Waals surface area contributed by atoms with Gasteiger partial charge >= 0.3 is 6.03 Å². The molecular weight excluding hydrogens is 731 g/mol. The number of hydrogen-bond donors (Lipinski definition) is 4. The van der Waals surface area contributed by atoms with Gasteiger partial charge in [-0.3, -0.25) is 34.3 Å². The van der Waals surface area contributed by atoms with E-state index in [4.69, 9.17) is 10.7 Å². The molecule has 7 heterocycles. The molecule has 0 spiro atoms. The molecule has 17 heteroatoms.